The van der Waals surface area contributed by atoms with Crippen molar-refractivity contribution in [3.63, 3.8) is 0 Å². The van der Waals surface area contributed by atoms with Crippen molar-refractivity contribution in [2.75, 3.05) is 19.6 Å². The molecule has 1 rings (SSSR count). The highest BCUT2D eigenvalue weighted by molar-refractivity contribution is 5.73. The quantitative estimate of drug-likeness (QED) is 0.517. The zero-order chi connectivity index (χ0) is 18.7. The summed E-state index contributed by atoms with van der Waals surface area (Å²) in [4.78, 5) is 34.9. The van der Waals surface area contributed by atoms with E-state index in [0.717, 1.165) is 5.56 Å². The van der Waals surface area contributed by atoms with Crippen molar-refractivity contribution in [3.8, 4) is 0 Å². The molecule has 0 radical (unpaired) electrons. The fourth-order valence-corrected chi connectivity index (χ4v) is 2.14. The Bertz CT molecular complexity index is 564. The summed E-state index contributed by atoms with van der Waals surface area (Å²) < 4.78 is 5.06. The van der Waals surface area contributed by atoms with Gasteiger partial charge in [0.05, 0.1) is 6.42 Å². The van der Waals surface area contributed by atoms with Crippen LogP contribution in [0.25, 0.3) is 0 Å². The first-order chi connectivity index (χ1) is 11.9. The molecule has 0 aromatic heterocycles. The number of carboxylic acids is 2. The van der Waals surface area contributed by atoms with Gasteiger partial charge in [0.1, 0.15) is 12.6 Å². The topological polar surface area (TPSA) is 116 Å². The first kappa shape index (κ1) is 20.4. The van der Waals surface area contributed by atoms with Crippen molar-refractivity contribution in [3.05, 3.63) is 35.9 Å². The minimum atomic E-state index is -1.01. The van der Waals surface area contributed by atoms with Crippen LogP contribution < -0.4 is 5.32 Å². The average Bonchev–Trinajstić information content (AvgIpc) is 2.59. The van der Waals surface area contributed by atoms with Crippen LogP contribution in [0, 0.1) is 0 Å². The van der Waals surface area contributed by atoms with E-state index in [-0.39, 0.29) is 19.6 Å². The lowest BCUT2D eigenvalue weighted by molar-refractivity contribution is -0.144. The Kier molecular flexibility index (Phi) is 9.02. The number of carbonyl (C=O) groups is 3. The Morgan fingerprint density at radius 2 is 1.84 bits per heavy atom. The summed E-state index contributed by atoms with van der Waals surface area (Å²) in [5.41, 5.74) is 0.882. The number of carbonyl (C=O) groups excluding carboxylic acids is 1. The van der Waals surface area contributed by atoms with E-state index in [1.807, 2.05) is 30.3 Å². The summed E-state index contributed by atoms with van der Waals surface area (Å²) in [5.74, 6) is -1.99. The lowest BCUT2D eigenvalue weighted by Gasteiger charge is -2.25. The Labute approximate surface area is 146 Å². The minimum Gasteiger partial charge on any atom is -0.481 e. The van der Waals surface area contributed by atoms with Gasteiger partial charge < -0.3 is 20.3 Å². The summed E-state index contributed by atoms with van der Waals surface area (Å²) in [6, 6.07) is 8.49. The molecule has 1 aromatic rings. The largest absolute Gasteiger partial charge is 0.481 e. The van der Waals surface area contributed by atoms with E-state index in [1.54, 1.807) is 4.90 Å². The van der Waals surface area contributed by atoms with Crippen LogP contribution in [0.1, 0.15) is 25.3 Å². The summed E-state index contributed by atoms with van der Waals surface area (Å²) in [7, 11) is 0. The molecule has 0 bridgehead atoms. The van der Waals surface area contributed by atoms with E-state index >= 15 is 0 Å². The normalized spacial score (nSPS) is 11.8. The summed E-state index contributed by atoms with van der Waals surface area (Å²) in [6.45, 7) is 2.49. The van der Waals surface area contributed by atoms with Crippen LogP contribution in [0.5, 0.6) is 0 Å². The molecule has 1 amide bonds. The molecule has 0 aliphatic rings. The van der Waals surface area contributed by atoms with Crippen LogP contribution >= 0.6 is 0 Å². The second-order valence-electron chi connectivity index (χ2n) is 5.54. The van der Waals surface area contributed by atoms with Crippen LogP contribution in [0.15, 0.2) is 30.3 Å². The molecule has 0 spiro atoms. The Morgan fingerprint density at radius 3 is 2.44 bits per heavy atom. The molecule has 8 nitrogen and oxygen atoms in total. The van der Waals surface area contributed by atoms with E-state index in [1.165, 1.54) is 6.92 Å². The number of hydrogen-bond acceptors (Lipinski definition) is 5. The standard InChI is InChI=1S/C17H24N2O6/c1-13(16(22)23)19(11-8-15(20)21)10-5-9-18-17(24)25-12-14-6-3-2-4-7-14/h2-4,6-7,13H,5,8-12H2,1H3,(H,18,24)(H,20,21)(H,22,23). The maximum Gasteiger partial charge on any atom is 0.407 e. The van der Waals surface area contributed by atoms with Gasteiger partial charge in [-0.1, -0.05) is 30.3 Å². The Hall–Kier alpha value is -2.61. The van der Waals surface area contributed by atoms with Crippen molar-refractivity contribution in [2.45, 2.75) is 32.4 Å². The molecular formula is C17H24N2O6. The number of nitrogens with one attached hydrogen (secondary N) is 1. The van der Waals surface area contributed by atoms with E-state index in [2.05, 4.69) is 5.32 Å². The molecule has 0 saturated heterocycles. The van der Waals surface area contributed by atoms with Gasteiger partial charge in [-0.3, -0.25) is 14.5 Å². The van der Waals surface area contributed by atoms with Gasteiger partial charge in [-0.25, -0.2) is 4.79 Å². The number of ether oxygens (including phenoxy) is 1. The third kappa shape index (κ3) is 8.71. The maximum atomic E-state index is 11.6. The molecule has 1 atom stereocenters. The summed E-state index contributed by atoms with van der Waals surface area (Å²) >= 11 is 0. The molecule has 0 heterocycles. The van der Waals surface area contributed by atoms with Gasteiger partial charge in [0, 0.05) is 19.6 Å². The van der Waals surface area contributed by atoms with Gasteiger partial charge in [-0.2, -0.15) is 0 Å². The first-order valence-electron chi connectivity index (χ1n) is 8.03. The third-order valence-electron chi connectivity index (χ3n) is 3.62. The molecule has 25 heavy (non-hydrogen) atoms. The van der Waals surface area contributed by atoms with Crippen molar-refractivity contribution >= 4 is 18.0 Å². The Balaban J connectivity index is 2.28. The van der Waals surface area contributed by atoms with Crippen LogP contribution in [-0.4, -0.2) is 58.8 Å². The number of carboxylic acid groups (broad SMARTS) is 2. The van der Waals surface area contributed by atoms with Crippen molar-refractivity contribution in [1.29, 1.82) is 0 Å². The SMILES string of the molecule is CC(C(=O)O)N(CCCNC(=O)OCc1ccccc1)CCC(=O)O. The highest BCUT2D eigenvalue weighted by atomic mass is 16.5. The van der Waals surface area contributed by atoms with Gasteiger partial charge in [0.25, 0.3) is 0 Å². The molecule has 3 N–H and O–H groups in total. The van der Waals surface area contributed by atoms with Crippen LogP contribution in [-0.2, 0) is 20.9 Å². The maximum absolute atomic E-state index is 11.6. The number of nitrogens with zero attached hydrogens (tertiary/aromatic N) is 1. The number of rotatable bonds is 11. The van der Waals surface area contributed by atoms with Gasteiger partial charge in [-0.05, 0) is 18.9 Å². The predicted octanol–water partition coefficient (Wildman–Crippen LogP) is 1.55. The fourth-order valence-electron chi connectivity index (χ4n) is 2.14. The van der Waals surface area contributed by atoms with Gasteiger partial charge in [0.15, 0.2) is 0 Å². The summed E-state index contributed by atoms with van der Waals surface area (Å²) in [6.07, 6.45) is -0.200. The van der Waals surface area contributed by atoms with Gasteiger partial charge in [0.2, 0.25) is 0 Å². The highest BCUT2D eigenvalue weighted by Crippen LogP contribution is 2.03. The number of benzene rings is 1. The van der Waals surface area contributed by atoms with Gasteiger partial charge in [-0.15, -0.1) is 0 Å². The second-order valence-corrected chi connectivity index (χ2v) is 5.54. The zero-order valence-corrected chi connectivity index (χ0v) is 14.2. The molecule has 1 aromatic carbocycles. The second kappa shape index (κ2) is 11.0. The van der Waals surface area contributed by atoms with Crippen molar-refractivity contribution in [1.82, 2.24) is 10.2 Å². The fraction of sp³-hybridized carbons (Fsp3) is 0.471. The molecule has 8 heteroatoms. The predicted molar refractivity (Wildman–Crippen MR) is 90.2 cm³/mol. The van der Waals surface area contributed by atoms with Crippen molar-refractivity contribution in [2.24, 2.45) is 0 Å². The van der Waals surface area contributed by atoms with Crippen molar-refractivity contribution < 1.29 is 29.3 Å². The van der Waals surface area contributed by atoms with E-state index in [0.29, 0.717) is 19.5 Å². The van der Waals surface area contributed by atoms with E-state index in [9.17, 15) is 14.4 Å². The molecule has 0 saturated carbocycles. The zero-order valence-electron chi connectivity index (χ0n) is 14.2. The molecule has 0 aliphatic heterocycles. The number of amides is 1. The Morgan fingerprint density at radius 1 is 1.16 bits per heavy atom. The first-order valence-corrected chi connectivity index (χ1v) is 8.03. The van der Waals surface area contributed by atoms with E-state index < -0.39 is 24.1 Å². The summed E-state index contributed by atoms with van der Waals surface area (Å²) in [5, 5.41) is 20.4. The van der Waals surface area contributed by atoms with Crippen LogP contribution in [0.4, 0.5) is 4.79 Å². The highest BCUT2D eigenvalue weighted by Gasteiger charge is 2.20. The minimum absolute atomic E-state index is 0.135. The number of alkyl carbamates (subject to hydrolysis) is 1. The monoisotopic (exact) mass is 352 g/mol. The lowest BCUT2D eigenvalue weighted by Crippen LogP contribution is -2.41. The number of hydrogen-bond donors (Lipinski definition) is 3. The molecule has 0 fully saturated rings. The smallest absolute Gasteiger partial charge is 0.407 e. The van der Waals surface area contributed by atoms with Crippen LogP contribution in [0.2, 0.25) is 0 Å². The third-order valence-corrected chi connectivity index (χ3v) is 3.62. The molecule has 0 aliphatic carbocycles. The average molecular weight is 352 g/mol. The lowest BCUT2D eigenvalue weighted by atomic mass is 10.2. The van der Waals surface area contributed by atoms with E-state index in [4.69, 9.17) is 14.9 Å². The molecule has 138 valence electrons. The van der Waals surface area contributed by atoms with Gasteiger partial charge >= 0.3 is 18.0 Å². The molecular weight excluding hydrogens is 328 g/mol. The van der Waals surface area contributed by atoms with Crippen LogP contribution in [0.3, 0.4) is 0 Å². The molecule has 1 unspecified atom stereocenters. The number of aliphatic carboxylic acids is 2.